The molecule has 1 aromatic heterocycles. The van der Waals surface area contributed by atoms with E-state index in [1.165, 1.54) is 30.9 Å². The molecule has 0 radical (unpaired) electrons. The second kappa shape index (κ2) is 12.3. The fraction of sp³-hybridized carbons (Fsp3) is 0.357. The predicted molar refractivity (Wildman–Crippen MR) is 159 cm³/mol. The molecule has 2 heterocycles. The van der Waals surface area contributed by atoms with E-state index in [-0.39, 0.29) is 32.1 Å². The highest BCUT2D eigenvalue weighted by atomic mass is 35.5. The van der Waals surface area contributed by atoms with Crippen LogP contribution in [0.2, 0.25) is 15.1 Å². The smallest absolute Gasteiger partial charge is 0.264 e. The zero-order valence-electron chi connectivity index (χ0n) is 22.0. The first kappa shape index (κ1) is 29.5. The molecule has 11 heteroatoms. The lowest BCUT2D eigenvalue weighted by Gasteiger charge is -2.33. The van der Waals surface area contributed by atoms with Crippen LogP contribution >= 0.6 is 34.8 Å². The molecule has 7 nitrogen and oxygen atoms in total. The number of sulfonamides is 1. The van der Waals surface area contributed by atoms with Crippen LogP contribution in [-0.2, 0) is 10.0 Å². The van der Waals surface area contributed by atoms with Crippen LogP contribution in [-0.4, -0.2) is 46.0 Å². The molecule has 1 saturated heterocycles. The Hall–Kier alpha value is -2.52. The summed E-state index contributed by atoms with van der Waals surface area (Å²) in [5, 5.41) is 3.69. The van der Waals surface area contributed by atoms with E-state index in [4.69, 9.17) is 34.8 Å². The van der Waals surface area contributed by atoms with E-state index in [0.29, 0.717) is 28.6 Å². The number of carbonyl (C=O) groups excluding carboxylic acids is 1. The number of pyridine rings is 1. The number of aromatic nitrogens is 1. The van der Waals surface area contributed by atoms with Gasteiger partial charge in [0.2, 0.25) is 0 Å². The second-order valence-electron chi connectivity index (χ2n) is 9.80. The molecule has 1 N–H and O–H groups in total. The van der Waals surface area contributed by atoms with E-state index in [1.54, 1.807) is 32.3 Å². The minimum atomic E-state index is -3.99. The lowest BCUT2D eigenvalue weighted by atomic mass is 9.93. The highest BCUT2D eigenvalue weighted by Gasteiger charge is 2.27. The van der Waals surface area contributed by atoms with Crippen molar-refractivity contribution in [2.45, 2.75) is 38.0 Å². The molecule has 3 aromatic rings. The van der Waals surface area contributed by atoms with Crippen LogP contribution in [0.1, 0.15) is 40.7 Å². The SMILES string of the molecule is Cc1cc(S(=O)(=O)N(C)c2cc(C(=O)NCCC3CCN(c4ccncc4)CC3)c(Cl)cc2Cl)c(C)cc1Cl. The summed E-state index contributed by atoms with van der Waals surface area (Å²) in [6.45, 7) is 5.83. The quantitative estimate of drug-likeness (QED) is 0.314. The number of aryl methyl sites for hydroxylation is 2. The van der Waals surface area contributed by atoms with Gasteiger partial charge in [-0.3, -0.25) is 14.1 Å². The van der Waals surface area contributed by atoms with Gasteiger partial charge in [0.25, 0.3) is 15.9 Å². The van der Waals surface area contributed by atoms with Gasteiger partial charge >= 0.3 is 0 Å². The summed E-state index contributed by atoms with van der Waals surface area (Å²) >= 11 is 18.9. The summed E-state index contributed by atoms with van der Waals surface area (Å²) in [5.41, 5.74) is 2.64. The molecule has 1 amide bonds. The Morgan fingerprint density at radius 2 is 1.67 bits per heavy atom. The van der Waals surface area contributed by atoms with Gasteiger partial charge in [-0.25, -0.2) is 8.42 Å². The van der Waals surface area contributed by atoms with Gasteiger partial charge in [0.05, 0.1) is 26.2 Å². The Balaban J connectivity index is 1.42. The fourth-order valence-corrected chi connectivity index (χ4v) is 7.14. The normalized spacial score (nSPS) is 14.4. The van der Waals surface area contributed by atoms with Gasteiger partial charge in [-0.1, -0.05) is 34.8 Å². The van der Waals surface area contributed by atoms with Crippen LogP contribution in [0.3, 0.4) is 0 Å². The van der Waals surface area contributed by atoms with Gasteiger partial charge < -0.3 is 10.2 Å². The van der Waals surface area contributed by atoms with Crippen LogP contribution < -0.4 is 14.5 Å². The van der Waals surface area contributed by atoms with Crippen molar-refractivity contribution in [3.63, 3.8) is 0 Å². The average molecular weight is 610 g/mol. The number of nitrogens with zero attached hydrogens (tertiary/aromatic N) is 3. The predicted octanol–water partition coefficient (Wildman–Crippen LogP) is 6.52. The summed E-state index contributed by atoms with van der Waals surface area (Å²) in [6.07, 6.45) is 6.53. The van der Waals surface area contributed by atoms with Crippen LogP contribution in [0.4, 0.5) is 11.4 Å². The summed E-state index contributed by atoms with van der Waals surface area (Å²) in [6, 6.07) is 10.00. The molecule has 1 aliphatic rings. The van der Waals surface area contributed by atoms with Crippen LogP contribution in [0.15, 0.2) is 53.7 Å². The summed E-state index contributed by atoms with van der Waals surface area (Å²) < 4.78 is 28.0. The van der Waals surface area contributed by atoms with Gasteiger partial charge in [-0.15, -0.1) is 0 Å². The van der Waals surface area contributed by atoms with Gasteiger partial charge in [0.15, 0.2) is 0 Å². The molecule has 0 saturated carbocycles. The number of benzene rings is 2. The third kappa shape index (κ3) is 6.62. The molecule has 4 rings (SSSR count). The molecule has 39 heavy (non-hydrogen) atoms. The fourth-order valence-electron chi connectivity index (χ4n) is 4.78. The van der Waals surface area contributed by atoms with Crippen molar-refractivity contribution in [3.05, 3.63) is 80.6 Å². The summed E-state index contributed by atoms with van der Waals surface area (Å²) in [4.78, 5) is 19.6. The van der Waals surface area contributed by atoms with Crippen LogP contribution in [0.5, 0.6) is 0 Å². The molecule has 0 aliphatic carbocycles. The Morgan fingerprint density at radius 3 is 2.33 bits per heavy atom. The van der Waals surface area contributed by atoms with Crippen molar-refractivity contribution in [1.82, 2.24) is 10.3 Å². The number of hydrogen-bond acceptors (Lipinski definition) is 5. The maximum atomic E-state index is 13.5. The van der Waals surface area contributed by atoms with Gasteiger partial charge in [-0.2, -0.15) is 0 Å². The zero-order valence-corrected chi connectivity index (χ0v) is 25.1. The maximum absolute atomic E-state index is 13.5. The lowest BCUT2D eigenvalue weighted by Crippen LogP contribution is -2.35. The van der Waals surface area contributed by atoms with Gasteiger partial charge in [0, 0.05) is 49.8 Å². The summed E-state index contributed by atoms with van der Waals surface area (Å²) in [5.74, 6) is 0.124. The van der Waals surface area contributed by atoms with E-state index < -0.39 is 10.0 Å². The molecule has 0 bridgehead atoms. The molecule has 0 unspecified atom stereocenters. The van der Waals surface area contributed by atoms with Gasteiger partial charge in [0.1, 0.15) is 0 Å². The van der Waals surface area contributed by atoms with Crippen molar-refractivity contribution >= 4 is 62.1 Å². The van der Waals surface area contributed by atoms with Crippen molar-refractivity contribution in [2.24, 2.45) is 5.92 Å². The highest BCUT2D eigenvalue weighted by Crippen LogP contribution is 2.35. The highest BCUT2D eigenvalue weighted by molar-refractivity contribution is 7.92. The number of amides is 1. The van der Waals surface area contributed by atoms with Crippen molar-refractivity contribution in [2.75, 3.05) is 35.9 Å². The average Bonchev–Trinajstić information content (AvgIpc) is 2.91. The number of piperidine rings is 1. The number of nitrogens with one attached hydrogen (secondary N) is 1. The minimum Gasteiger partial charge on any atom is -0.371 e. The monoisotopic (exact) mass is 608 g/mol. The topological polar surface area (TPSA) is 82.6 Å². The minimum absolute atomic E-state index is 0.110. The van der Waals surface area contributed by atoms with E-state index in [0.717, 1.165) is 36.7 Å². The first-order valence-corrected chi connectivity index (χ1v) is 15.2. The van der Waals surface area contributed by atoms with E-state index in [1.807, 2.05) is 12.1 Å². The Morgan fingerprint density at radius 1 is 1.00 bits per heavy atom. The molecule has 208 valence electrons. The second-order valence-corrected chi connectivity index (χ2v) is 13.0. The Labute approximate surface area is 245 Å². The largest absolute Gasteiger partial charge is 0.371 e. The van der Waals surface area contributed by atoms with Crippen molar-refractivity contribution in [1.29, 1.82) is 0 Å². The molecule has 0 atom stereocenters. The molecule has 1 fully saturated rings. The molecule has 0 spiro atoms. The Bertz CT molecular complexity index is 1460. The van der Waals surface area contributed by atoms with E-state index in [2.05, 4.69) is 15.2 Å². The number of halogens is 3. The third-order valence-electron chi connectivity index (χ3n) is 7.20. The van der Waals surface area contributed by atoms with Crippen molar-refractivity contribution < 1.29 is 13.2 Å². The maximum Gasteiger partial charge on any atom is 0.264 e. The van der Waals surface area contributed by atoms with Gasteiger partial charge in [-0.05, 0) is 86.6 Å². The standard InChI is InChI=1S/C28H31Cl3N4O3S/c1-18-15-27(19(2)14-23(18)29)39(37,38)34(3)26-16-22(24(30)17-25(26)31)28(36)33-11-4-20-7-12-35(13-8-20)21-5-9-32-10-6-21/h5-6,9-10,14-17,20H,4,7-8,11-13H2,1-3H3,(H,33,36). The van der Waals surface area contributed by atoms with Crippen molar-refractivity contribution in [3.8, 4) is 0 Å². The van der Waals surface area contributed by atoms with E-state index in [9.17, 15) is 13.2 Å². The number of rotatable bonds is 8. The molecule has 2 aromatic carbocycles. The molecule has 1 aliphatic heterocycles. The van der Waals surface area contributed by atoms with Crippen LogP contribution in [0.25, 0.3) is 0 Å². The summed E-state index contributed by atoms with van der Waals surface area (Å²) in [7, 11) is -2.59. The number of hydrogen-bond donors (Lipinski definition) is 1. The third-order valence-corrected chi connectivity index (χ3v) is 10.1. The van der Waals surface area contributed by atoms with Crippen LogP contribution in [0, 0.1) is 19.8 Å². The first-order chi connectivity index (χ1) is 18.5. The first-order valence-electron chi connectivity index (χ1n) is 12.7. The zero-order chi connectivity index (χ0) is 28.3. The Kier molecular flexibility index (Phi) is 9.32. The van der Waals surface area contributed by atoms with E-state index >= 15 is 0 Å². The molecular weight excluding hydrogens is 579 g/mol. The number of anilines is 2. The number of carbonyl (C=O) groups is 1. The lowest BCUT2D eigenvalue weighted by molar-refractivity contribution is 0.0951. The molecular formula is C28H31Cl3N4O3S.